The second-order valence-electron chi connectivity index (χ2n) is 8.09. The molecular formula is C28H22FN3O2S. The number of halogens is 1. The van der Waals surface area contributed by atoms with Gasteiger partial charge in [0.15, 0.2) is 0 Å². The van der Waals surface area contributed by atoms with Gasteiger partial charge in [-0.25, -0.2) is 9.18 Å². The van der Waals surface area contributed by atoms with E-state index in [0.717, 1.165) is 26.6 Å². The Bertz CT molecular complexity index is 1380. The van der Waals surface area contributed by atoms with Crippen molar-refractivity contribution in [1.29, 1.82) is 0 Å². The van der Waals surface area contributed by atoms with Crippen LogP contribution in [0.5, 0.6) is 0 Å². The summed E-state index contributed by atoms with van der Waals surface area (Å²) in [6.07, 6.45) is 0. The zero-order chi connectivity index (χ0) is 24.2. The number of hydrogen-bond donors (Lipinski definition) is 2. The zero-order valence-corrected chi connectivity index (χ0v) is 19.5. The summed E-state index contributed by atoms with van der Waals surface area (Å²) >= 11 is 1.54. The number of rotatable bonds is 5. The SMILES string of the molecule is O=C(NCc1ccc(F)cc1)Nc1ccc2c(c1)N(Cc1ccccc1)C(=O)c1ccccc1S2. The fourth-order valence-corrected chi connectivity index (χ4v) is 4.94. The highest BCUT2D eigenvalue weighted by Crippen LogP contribution is 2.43. The van der Waals surface area contributed by atoms with Crippen LogP contribution in [0.25, 0.3) is 0 Å². The third kappa shape index (κ3) is 5.20. The average Bonchev–Trinajstić information content (AvgIpc) is 2.99. The Morgan fingerprint density at radius 1 is 0.829 bits per heavy atom. The molecule has 0 radical (unpaired) electrons. The molecule has 2 N–H and O–H groups in total. The molecule has 5 nitrogen and oxygen atoms in total. The lowest BCUT2D eigenvalue weighted by atomic mass is 10.1. The molecular weight excluding hydrogens is 461 g/mol. The van der Waals surface area contributed by atoms with E-state index in [1.165, 1.54) is 23.9 Å². The highest BCUT2D eigenvalue weighted by Gasteiger charge is 2.27. The summed E-state index contributed by atoms with van der Waals surface area (Å²) in [6.45, 7) is 0.669. The first-order valence-corrected chi connectivity index (χ1v) is 11.9. The van der Waals surface area contributed by atoms with E-state index >= 15 is 0 Å². The van der Waals surface area contributed by atoms with Crippen LogP contribution in [0.1, 0.15) is 21.5 Å². The van der Waals surface area contributed by atoms with Crippen molar-refractivity contribution in [1.82, 2.24) is 5.32 Å². The van der Waals surface area contributed by atoms with E-state index in [-0.39, 0.29) is 24.3 Å². The van der Waals surface area contributed by atoms with Crippen molar-refractivity contribution in [3.63, 3.8) is 0 Å². The number of anilines is 2. The number of benzene rings is 4. The number of carbonyl (C=O) groups excluding carboxylic acids is 2. The van der Waals surface area contributed by atoms with Gasteiger partial charge in [0.25, 0.3) is 5.91 Å². The monoisotopic (exact) mass is 483 g/mol. The smallest absolute Gasteiger partial charge is 0.319 e. The van der Waals surface area contributed by atoms with Gasteiger partial charge in [0.2, 0.25) is 0 Å². The van der Waals surface area contributed by atoms with Crippen molar-refractivity contribution in [2.45, 2.75) is 22.9 Å². The molecule has 0 aromatic heterocycles. The van der Waals surface area contributed by atoms with E-state index in [0.29, 0.717) is 17.8 Å². The molecule has 7 heteroatoms. The number of urea groups is 1. The molecule has 4 aromatic carbocycles. The number of fused-ring (bicyclic) bond motifs is 2. The van der Waals surface area contributed by atoms with Crippen molar-refractivity contribution >= 4 is 35.1 Å². The molecule has 0 bridgehead atoms. The molecule has 1 aliphatic rings. The molecule has 1 heterocycles. The van der Waals surface area contributed by atoms with Gasteiger partial charge in [-0.05, 0) is 53.6 Å². The molecule has 0 fully saturated rings. The molecule has 1 aliphatic heterocycles. The lowest BCUT2D eigenvalue weighted by molar-refractivity contribution is 0.0982. The summed E-state index contributed by atoms with van der Waals surface area (Å²) < 4.78 is 13.1. The van der Waals surface area contributed by atoms with Gasteiger partial charge in [0.1, 0.15) is 5.82 Å². The fourth-order valence-electron chi connectivity index (χ4n) is 3.88. The van der Waals surface area contributed by atoms with Crippen LogP contribution in [-0.2, 0) is 13.1 Å². The minimum Gasteiger partial charge on any atom is -0.334 e. The number of nitrogens with zero attached hydrogens (tertiary/aromatic N) is 1. The Morgan fingerprint density at radius 2 is 1.57 bits per heavy atom. The minimum absolute atomic E-state index is 0.0892. The molecule has 0 unspecified atom stereocenters. The fraction of sp³-hybridized carbons (Fsp3) is 0.0714. The van der Waals surface area contributed by atoms with E-state index in [2.05, 4.69) is 10.6 Å². The molecule has 35 heavy (non-hydrogen) atoms. The van der Waals surface area contributed by atoms with Crippen LogP contribution in [0.3, 0.4) is 0 Å². The van der Waals surface area contributed by atoms with Crippen LogP contribution in [0.15, 0.2) is 107 Å². The zero-order valence-electron chi connectivity index (χ0n) is 18.7. The predicted octanol–water partition coefficient (Wildman–Crippen LogP) is 6.46. The first kappa shape index (κ1) is 22.7. The Labute approximate surface area is 207 Å². The van der Waals surface area contributed by atoms with Gasteiger partial charge in [-0.2, -0.15) is 0 Å². The minimum atomic E-state index is -0.389. The maximum absolute atomic E-state index is 13.6. The standard InChI is InChI=1S/C28H22FN3O2S/c29-21-12-10-19(11-13-21)17-30-28(34)31-22-14-15-26-24(16-22)32(18-20-6-2-1-3-7-20)27(33)23-8-4-5-9-25(23)35-26/h1-16H,17-18H2,(H2,30,31,34). The van der Waals surface area contributed by atoms with Gasteiger partial charge in [-0.15, -0.1) is 0 Å². The maximum Gasteiger partial charge on any atom is 0.319 e. The largest absolute Gasteiger partial charge is 0.334 e. The first-order chi connectivity index (χ1) is 17.1. The van der Waals surface area contributed by atoms with Crippen molar-refractivity contribution in [3.8, 4) is 0 Å². The van der Waals surface area contributed by atoms with Crippen molar-refractivity contribution in [2.75, 3.05) is 10.2 Å². The Kier molecular flexibility index (Phi) is 6.50. The molecule has 0 aliphatic carbocycles. The highest BCUT2D eigenvalue weighted by atomic mass is 32.2. The lowest BCUT2D eigenvalue weighted by Crippen LogP contribution is -2.31. The van der Waals surface area contributed by atoms with Gasteiger partial charge in [0, 0.05) is 22.0 Å². The summed E-state index contributed by atoms with van der Waals surface area (Å²) in [6, 6.07) is 28.5. The number of hydrogen-bond acceptors (Lipinski definition) is 3. The molecule has 0 atom stereocenters. The lowest BCUT2D eigenvalue weighted by Gasteiger charge is -2.24. The van der Waals surface area contributed by atoms with Crippen molar-refractivity contribution < 1.29 is 14.0 Å². The second kappa shape index (κ2) is 10.0. The van der Waals surface area contributed by atoms with Crippen LogP contribution in [0, 0.1) is 5.82 Å². The Morgan fingerprint density at radius 3 is 2.37 bits per heavy atom. The van der Waals surface area contributed by atoms with Crippen molar-refractivity contribution in [2.24, 2.45) is 0 Å². The number of nitrogens with one attached hydrogen (secondary N) is 2. The van der Waals surface area contributed by atoms with Gasteiger partial charge in [-0.3, -0.25) is 4.79 Å². The van der Waals surface area contributed by atoms with Crippen LogP contribution in [-0.4, -0.2) is 11.9 Å². The third-order valence-corrected chi connectivity index (χ3v) is 6.78. The summed E-state index contributed by atoms with van der Waals surface area (Å²) in [5, 5.41) is 5.62. The van der Waals surface area contributed by atoms with Gasteiger partial charge in [-0.1, -0.05) is 66.4 Å². The molecule has 3 amide bonds. The average molecular weight is 484 g/mol. The second-order valence-corrected chi connectivity index (χ2v) is 9.18. The molecule has 4 aromatic rings. The van der Waals surface area contributed by atoms with Crippen LogP contribution in [0.2, 0.25) is 0 Å². The molecule has 174 valence electrons. The highest BCUT2D eigenvalue weighted by molar-refractivity contribution is 7.99. The van der Waals surface area contributed by atoms with Crippen LogP contribution in [0.4, 0.5) is 20.6 Å². The summed E-state index contributed by atoms with van der Waals surface area (Å²) in [5.74, 6) is -0.411. The quantitative estimate of drug-likeness (QED) is 0.343. The Hall–Kier alpha value is -4.10. The molecule has 0 saturated heterocycles. The molecule has 5 rings (SSSR count). The van der Waals surface area contributed by atoms with E-state index in [1.807, 2.05) is 72.8 Å². The molecule has 0 spiro atoms. The number of amides is 3. The third-order valence-electron chi connectivity index (χ3n) is 5.64. The van der Waals surface area contributed by atoms with Crippen LogP contribution >= 0.6 is 11.8 Å². The van der Waals surface area contributed by atoms with Gasteiger partial charge < -0.3 is 15.5 Å². The Balaban J connectivity index is 1.41. The first-order valence-electron chi connectivity index (χ1n) is 11.1. The van der Waals surface area contributed by atoms with Crippen LogP contribution < -0.4 is 15.5 Å². The van der Waals surface area contributed by atoms with E-state index in [4.69, 9.17) is 0 Å². The van der Waals surface area contributed by atoms with Gasteiger partial charge in [0.05, 0.1) is 17.8 Å². The van der Waals surface area contributed by atoms with E-state index in [9.17, 15) is 14.0 Å². The topological polar surface area (TPSA) is 61.4 Å². The number of carbonyl (C=O) groups is 2. The normalized spacial score (nSPS) is 12.4. The summed E-state index contributed by atoms with van der Waals surface area (Å²) in [7, 11) is 0. The van der Waals surface area contributed by atoms with Gasteiger partial charge >= 0.3 is 6.03 Å². The van der Waals surface area contributed by atoms with E-state index in [1.54, 1.807) is 17.0 Å². The summed E-state index contributed by atoms with van der Waals surface area (Å²) in [5.41, 5.74) is 3.74. The predicted molar refractivity (Wildman–Crippen MR) is 136 cm³/mol. The van der Waals surface area contributed by atoms with Crippen molar-refractivity contribution in [3.05, 3.63) is 120 Å². The molecule has 0 saturated carbocycles. The summed E-state index contributed by atoms with van der Waals surface area (Å²) in [4.78, 5) is 29.7. The van der Waals surface area contributed by atoms with E-state index < -0.39 is 0 Å². The maximum atomic E-state index is 13.6.